The summed E-state index contributed by atoms with van der Waals surface area (Å²) in [5.41, 5.74) is 0.803. The zero-order valence-electron chi connectivity index (χ0n) is 15.2. The second-order valence-corrected chi connectivity index (χ2v) is 9.89. The number of ketones is 1. The van der Waals surface area contributed by atoms with Gasteiger partial charge in [-0.2, -0.15) is 0 Å². The summed E-state index contributed by atoms with van der Waals surface area (Å²) in [7, 11) is 0. The van der Waals surface area contributed by atoms with E-state index in [0.29, 0.717) is 28.4 Å². The average Bonchev–Trinajstić information content (AvgIpc) is 2.37. The fourth-order valence-corrected chi connectivity index (χ4v) is 4.69. The molecule has 1 nitrogen and oxygen atoms in total. The summed E-state index contributed by atoms with van der Waals surface area (Å²) in [6.07, 6.45) is 8.36. The molecule has 2 rings (SSSR count). The molecule has 0 spiro atoms. The van der Waals surface area contributed by atoms with E-state index in [2.05, 4.69) is 41.5 Å². The number of rotatable bonds is 1. The predicted molar refractivity (Wildman–Crippen MR) is 90.2 cm³/mol. The van der Waals surface area contributed by atoms with E-state index in [-0.39, 0.29) is 0 Å². The van der Waals surface area contributed by atoms with E-state index >= 15 is 0 Å². The van der Waals surface area contributed by atoms with Crippen LogP contribution in [0.15, 0.2) is 0 Å². The summed E-state index contributed by atoms with van der Waals surface area (Å²) >= 11 is 0. The predicted octanol–water partition coefficient (Wildman–Crippen LogP) is 5.87. The fraction of sp³-hybridized carbons (Fsp3) is 0.950. The van der Waals surface area contributed by atoms with Gasteiger partial charge in [-0.05, 0) is 67.1 Å². The molecule has 2 fully saturated rings. The van der Waals surface area contributed by atoms with Crippen molar-refractivity contribution in [3.8, 4) is 0 Å². The maximum atomic E-state index is 12.4. The molecular weight excluding hydrogens is 256 g/mol. The van der Waals surface area contributed by atoms with Crippen LogP contribution in [0.1, 0.15) is 86.5 Å². The van der Waals surface area contributed by atoms with Crippen LogP contribution in [0.2, 0.25) is 0 Å². The van der Waals surface area contributed by atoms with Crippen molar-refractivity contribution in [1.82, 2.24) is 0 Å². The maximum Gasteiger partial charge on any atom is 0.136 e. The van der Waals surface area contributed by atoms with E-state index in [1.54, 1.807) is 0 Å². The van der Waals surface area contributed by atoms with Crippen LogP contribution in [0.3, 0.4) is 0 Å². The Hall–Kier alpha value is -0.330. The fourth-order valence-electron chi connectivity index (χ4n) is 4.69. The molecule has 0 radical (unpaired) electrons. The van der Waals surface area contributed by atoms with Crippen molar-refractivity contribution >= 4 is 5.78 Å². The molecule has 0 N–H and O–H groups in total. The van der Waals surface area contributed by atoms with E-state index in [0.717, 1.165) is 31.1 Å². The SMILES string of the molecule is CC(C)(C)C1CCC([C@H]2C[C@H](C(C)(C)C)CCC2=O)CC1. The Kier molecular flexibility index (Phi) is 4.90. The Labute approximate surface area is 132 Å². The maximum absolute atomic E-state index is 12.4. The Morgan fingerprint density at radius 1 is 0.762 bits per heavy atom. The van der Waals surface area contributed by atoms with Crippen LogP contribution in [0.25, 0.3) is 0 Å². The highest BCUT2D eigenvalue weighted by Gasteiger charge is 2.40. The molecule has 0 saturated heterocycles. The first-order valence-corrected chi connectivity index (χ1v) is 9.11. The summed E-state index contributed by atoms with van der Waals surface area (Å²) < 4.78 is 0. The Morgan fingerprint density at radius 3 is 1.76 bits per heavy atom. The normalized spacial score (nSPS) is 35.8. The molecule has 2 aliphatic carbocycles. The van der Waals surface area contributed by atoms with Crippen LogP contribution >= 0.6 is 0 Å². The van der Waals surface area contributed by atoms with Crippen molar-refractivity contribution in [3.05, 3.63) is 0 Å². The monoisotopic (exact) mass is 292 g/mol. The molecule has 0 amide bonds. The van der Waals surface area contributed by atoms with Gasteiger partial charge < -0.3 is 0 Å². The molecule has 2 atom stereocenters. The third-order valence-electron chi connectivity index (χ3n) is 6.48. The minimum atomic E-state index is 0.363. The summed E-state index contributed by atoms with van der Waals surface area (Å²) in [6.45, 7) is 14.2. The molecule has 0 aromatic rings. The first-order valence-electron chi connectivity index (χ1n) is 9.11. The average molecular weight is 293 g/mol. The zero-order chi connectivity index (χ0) is 15.8. The molecule has 1 heteroatoms. The zero-order valence-corrected chi connectivity index (χ0v) is 15.2. The summed E-state index contributed by atoms with van der Waals surface area (Å²) in [4.78, 5) is 12.4. The Morgan fingerprint density at radius 2 is 1.29 bits per heavy atom. The number of hydrogen-bond acceptors (Lipinski definition) is 1. The van der Waals surface area contributed by atoms with Crippen LogP contribution in [0.5, 0.6) is 0 Å². The molecule has 0 aromatic heterocycles. The third-order valence-corrected chi connectivity index (χ3v) is 6.48. The second kappa shape index (κ2) is 6.05. The van der Waals surface area contributed by atoms with Gasteiger partial charge in [0.05, 0.1) is 0 Å². The lowest BCUT2D eigenvalue weighted by Gasteiger charge is -2.43. The van der Waals surface area contributed by atoms with Crippen molar-refractivity contribution in [2.45, 2.75) is 86.5 Å². The van der Waals surface area contributed by atoms with Gasteiger partial charge >= 0.3 is 0 Å². The van der Waals surface area contributed by atoms with Gasteiger partial charge in [0.1, 0.15) is 5.78 Å². The van der Waals surface area contributed by atoms with Crippen molar-refractivity contribution < 1.29 is 4.79 Å². The van der Waals surface area contributed by atoms with Crippen LogP contribution < -0.4 is 0 Å². The van der Waals surface area contributed by atoms with Crippen molar-refractivity contribution in [3.63, 3.8) is 0 Å². The Balaban J connectivity index is 1.97. The summed E-state index contributed by atoms with van der Waals surface area (Å²) in [5, 5.41) is 0. The molecule has 2 aliphatic rings. The molecule has 0 aliphatic heterocycles. The summed E-state index contributed by atoms with van der Waals surface area (Å²) in [5.74, 6) is 3.23. The minimum absolute atomic E-state index is 0.363. The standard InChI is InChI=1S/C20H36O/c1-19(2,3)15-9-7-14(8-10-15)17-13-16(20(4,5)6)11-12-18(17)21/h14-17H,7-13H2,1-6H3/t14?,15?,16-,17-/m1/s1. The number of Topliss-reactive ketones (excluding diaryl/α,β-unsaturated/α-hetero) is 1. The lowest BCUT2D eigenvalue weighted by molar-refractivity contribution is -0.129. The van der Waals surface area contributed by atoms with Gasteiger partial charge in [0.25, 0.3) is 0 Å². The van der Waals surface area contributed by atoms with Gasteiger partial charge in [0, 0.05) is 12.3 Å². The molecule has 0 unspecified atom stereocenters. The quantitative estimate of drug-likeness (QED) is 0.590. The molecule has 0 heterocycles. The van der Waals surface area contributed by atoms with Crippen LogP contribution in [0, 0.1) is 34.5 Å². The van der Waals surface area contributed by atoms with E-state index in [4.69, 9.17) is 0 Å². The summed E-state index contributed by atoms with van der Waals surface area (Å²) in [6, 6.07) is 0. The topological polar surface area (TPSA) is 17.1 Å². The van der Waals surface area contributed by atoms with Gasteiger partial charge in [0.2, 0.25) is 0 Å². The van der Waals surface area contributed by atoms with Crippen molar-refractivity contribution in [2.24, 2.45) is 34.5 Å². The smallest absolute Gasteiger partial charge is 0.136 e. The van der Waals surface area contributed by atoms with E-state index < -0.39 is 0 Å². The van der Waals surface area contributed by atoms with Gasteiger partial charge in [0.15, 0.2) is 0 Å². The highest BCUT2D eigenvalue weighted by Crippen LogP contribution is 2.47. The largest absolute Gasteiger partial charge is 0.299 e. The highest BCUT2D eigenvalue weighted by atomic mass is 16.1. The van der Waals surface area contributed by atoms with E-state index in [9.17, 15) is 4.79 Å². The molecule has 122 valence electrons. The third kappa shape index (κ3) is 4.11. The lowest BCUT2D eigenvalue weighted by Crippen LogP contribution is -2.38. The van der Waals surface area contributed by atoms with E-state index in [1.807, 2.05) is 0 Å². The van der Waals surface area contributed by atoms with Crippen molar-refractivity contribution in [1.29, 1.82) is 0 Å². The number of hydrogen-bond donors (Lipinski definition) is 0. The van der Waals surface area contributed by atoms with Crippen LogP contribution in [-0.2, 0) is 4.79 Å². The lowest BCUT2D eigenvalue weighted by atomic mass is 9.61. The van der Waals surface area contributed by atoms with Gasteiger partial charge in [-0.1, -0.05) is 41.5 Å². The first-order chi connectivity index (χ1) is 9.59. The second-order valence-electron chi connectivity index (χ2n) is 9.89. The Bertz CT molecular complexity index is 360. The van der Waals surface area contributed by atoms with Gasteiger partial charge in [-0.3, -0.25) is 4.79 Å². The number of carbonyl (C=O) groups excluding carboxylic acids is 1. The molecular formula is C20H36O. The van der Waals surface area contributed by atoms with E-state index in [1.165, 1.54) is 25.7 Å². The van der Waals surface area contributed by atoms with Crippen LogP contribution in [0.4, 0.5) is 0 Å². The number of carbonyl (C=O) groups is 1. The first kappa shape index (κ1) is 17.0. The minimum Gasteiger partial charge on any atom is -0.299 e. The van der Waals surface area contributed by atoms with Crippen LogP contribution in [-0.4, -0.2) is 5.78 Å². The van der Waals surface area contributed by atoms with Gasteiger partial charge in [-0.15, -0.1) is 0 Å². The molecule has 0 bridgehead atoms. The molecule has 21 heavy (non-hydrogen) atoms. The van der Waals surface area contributed by atoms with Crippen molar-refractivity contribution in [2.75, 3.05) is 0 Å². The highest BCUT2D eigenvalue weighted by molar-refractivity contribution is 5.82. The molecule has 2 saturated carbocycles. The van der Waals surface area contributed by atoms with Gasteiger partial charge in [-0.25, -0.2) is 0 Å². The molecule has 0 aromatic carbocycles.